The van der Waals surface area contributed by atoms with Crippen molar-refractivity contribution in [1.29, 1.82) is 0 Å². The molecule has 1 N–H and O–H groups in total. The van der Waals surface area contributed by atoms with Crippen LogP contribution < -0.4 is 10.2 Å². The minimum Gasteiger partial charge on any atom is -0.370 e. The van der Waals surface area contributed by atoms with Crippen LogP contribution in [0, 0.1) is 12.8 Å². The number of carbonyl (C=O) groups is 1. The van der Waals surface area contributed by atoms with E-state index in [2.05, 4.69) is 48.3 Å². The lowest BCUT2D eigenvalue weighted by atomic mass is 9.97. The van der Waals surface area contributed by atoms with Gasteiger partial charge in [-0.25, -0.2) is 0 Å². The molecule has 1 aliphatic rings. The highest BCUT2D eigenvalue weighted by Crippen LogP contribution is 2.20. The summed E-state index contributed by atoms with van der Waals surface area (Å²) < 4.78 is 27.0. The second kappa shape index (κ2) is 9.52. The van der Waals surface area contributed by atoms with Gasteiger partial charge < -0.3 is 10.2 Å². The van der Waals surface area contributed by atoms with Crippen molar-refractivity contribution in [3.05, 3.63) is 29.8 Å². The Morgan fingerprint density at radius 2 is 1.78 bits per heavy atom. The number of hydrogen-bond acceptors (Lipinski definition) is 4. The van der Waals surface area contributed by atoms with E-state index in [9.17, 15) is 13.2 Å². The standard InChI is InChI=1S/C19H32N4O3S/c1-5-22(18-8-6-16(2)7-9-18)15-12-20-19(24)17-10-13-23(14-11-17)27(25,26)21(3)4/h6-9,17H,5,10-15H2,1-4H3,(H,20,24). The number of nitrogens with zero attached hydrogens (tertiary/aromatic N) is 3. The van der Waals surface area contributed by atoms with Gasteiger partial charge in [0.15, 0.2) is 0 Å². The lowest BCUT2D eigenvalue weighted by molar-refractivity contribution is -0.126. The van der Waals surface area contributed by atoms with E-state index < -0.39 is 10.2 Å². The highest BCUT2D eigenvalue weighted by atomic mass is 32.2. The zero-order valence-corrected chi connectivity index (χ0v) is 17.6. The van der Waals surface area contributed by atoms with Crippen molar-refractivity contribution in [2.75, 3.05) is 51.7 Å². The van der Waals surface area contributed by atoms with Crippen LogP contribution in [0.2, 0.25) is 0 Å². The molecule has 1 saturated heterocycles. The third kappa shape index (κ3) is 5.67. The molecule has 0 bridgehead atoms. The Morgan fingerprint density at radius 3 is 2.30 bits per heavy atom. The minimum absolute atomic E-state index is 0.0249. The molecule has 0 atom stereocenters. The van der Waals surface area contributed by atoms with Crippen molar-refractivity contribution in [3.8, 4) is 0 Å². The van der Waals surface area contributed by atoms with Gasteiger partial charge in [0.1, 0.15) is 0 Å². The van der Waals surface area contributed by atoms with Gasteiger partial charge >= 0.3 is 0 Å². The molecule has 0 aliphatic carbocycles. The Balaban J connectivity index is 1.78. The number of benzene rings is 1. The smallest absolute Gasteiger partial charge is 0.281 e. The van der Waals surface area contributed by atoms with E-state index in [0.717, 1.165) is 18.8 Å². The van der Waals surface area contributed by atoms with Gasteiger partial charge in [-0.3, -0.25) is 4.79 Å². The summed E-state index contributed by atoms with van der Waals surface area (Å²) in [6.07, 6.45) is 1.13. The Kier molecular flexibility index (Phi) is 7.64. The maximum absolute atomic E-state index is 12.4. The predicted molar refractivity (Wildman–Crippen MR) is 109 cm³/mol. The molecule has 2 rings (SSSR count). The van der Waals surface area contributed by atoms with Crippen LogP contribution in [0.5, 0.6) is 0 Å². The van der Waals surface area contributed by atoms with Crippen LogP contribution in [0.4, 0.5) is 5.69 Å². The summed E-state index contributed by atoms with van der Waals surface area (Å²) in [5.74, 6) is -0.0927. The van der Waals surface area contributed by atoms with Gasteiger partial charge in [0.25, 0.3) is 10.2 Å². The second-order valence-electron chi connectivity index (χ2n) is 7.17. The monoisotopic (exact) mass is 396 g/mol. The lowest BCUT2D eigenvalue weighted by Crippen LogP contribution is -2.47. The second-order valence-corrected chi connectivity index (χ2v) is 9.31. The van der Waals surface area contributed by atoms with Crippen LogP contribution in [-0.4, -0.2) is 69.8 Å². The molecule has 0 radical (unpaired) electrons. The summed E-state index contributed by atoms with van der Waals surface area (Å²) in [5.41, 5.74) is 2.38. The van der Waals surface area contributed by atoms with Crippen LogP contribution >= 0.6 is 0 Å². The van der Waals surface area contributed by atoms with Crippen molar-refractivity contribution in [1.82, 2.24) is 13.9 Å². The first kappa shape index (κ1) is 21.7. The fourth-order valence-electron chi connectivity index (χ4n) is 3.26. The molecule has 152 valence electrons. The summed E-state index contributed by atoms with van der Waals surface area (Å²) in [6, 6.07) is 8.38. The molecule has 7 nitrogen and oxygen atoms in total. The zero-order chi connectivity index (χ0) is 20.0. The molecule has 1 amide bonds. The molecule has 1 fully saturated rings. The molecule has 0 unspecified atom stereocenters. The van der Waals surface area contributed by atoms with Crippen LogP contribution in [0.15, 0.2) is 24.3 Å². The average molecular weight is 397 g/mol. The van der Waals surface area contributed by atoms with Gasteiger partial charge in [0.2, 0.25) is 5.91 Å². The number of rotatable bonds is 8. The van der Waals surface area contributed by atoms with Gasteiger partial charge in [-0.15, -0.1) is 0 Å². The lowest BCUT2D eigenvalue weighted by Gasteiger charge is -2.32. The summed E-state index contributed by atoms with van der Waals surface area (Å²) in [6.45, 7) is 7.15. The van der Waals surface area contributed by atoms with Gasteiger partial charge in [-0.05, 0) is 38.8 Å². The van der Waals surface area contributed by atoms with Crippen molar-refractivity contribution < 1.29 is 13.2 Å². The number of aryl methyl sites for hydroxylation is 1. The van der Waals surface area contributed by atoms with Crippen molar-refractivity contribution in [2.24, 2.45) is 5.92 Å². The summed E-state index contributed by atoms with van der Waals surface area (Å²) in [5, 5.41) is 3.02. The summed E-state index contributed by atoms with van der Waals surface area (Å²) >= 11 is 0. The number of anilines is 1. The molecular formula is C19H32N4O3S. The first-order valence-corrected chi connectivity index (χ1v) is 10.9. The fourth-order valence-corrected chi connectivity index (χ4v) is 4.40. The quantitative estimate of drug-likeness (QED) is 0.722. The van der Waals surface area contributed by atoms with Gasteiger partial charge in [-0.1, -0.05) is 17.7 Å². The van der Waals surface area contributed by atoms with Gasteiger partial charge in [-0.2, -0.15) is 17.0 Å². The summed E-state index contributed by atoms with van der Waals surface area (Å²) in [7, 11) is -0.327. The zero-order valence-electron chi connectivity index (χ0n) is 16.8. The average Bonchev–Trinajstić information content (AvgIpc) is 2.66. The van der Waals surface area contributed by atoms with Crippen molar-refractivity contribution >= 4 is 21.8 Å². The third-order valence-corrected chi connectivity index (χ3v) is 7.01. The van der Waals surface area contributed by atoms with Crippen LogP contribution in [0.3, 0.4) is 0 Å². The largest absolute Gasteiger partial charge is 0.370 e. The van der Waals surface area contributed by atoms with E-state index in [-0.39, 0.29) is 11.8 Å². The first-order chi connectivity index (χ1) is 12.8. The fraction of sp³-hybridized carbons (Fsp3) is 0.632. The Bertz CT molecular complexity index is 711. The minimum atomic E-state index is -3.39. The van der Waals surface area contributed by atoms with E-state index in [1.54, 1.807) is 0 Å². The highest BCUT2D eigenvalue weighted by Gasteiger charge is 2.32. The van der Waals surface area contributed by atoms with Gasteiger partial charge in [0.05, 0.1) is 0 Å². The van der Waals surface area contributed by atoms with Gasteiger partial charge in [0, 0.05) is 58.4 Å². The maximum Gasteiger partial charge on any atom is 0.281 e. The molecule has 1 aliphatic heterocycles. The van der Waals surface area contributed by atoms with E-state index >= 15 is 0 Å². The molecule has 27 heavy (non-hydrogen) atoms. The highest BCUT2D eigenvalue weighted by molar-refractivity contribution is 7.86. The first-order valence-electron chi connectivity index (χ1n) is 9.52. The van der Waals surface area contributed by atoms with Crippen molar-refractivity contribution in [2.45, 2.75) is 26.7 Å². The normalized spacial score (nSPS) is 16.5. The SMILES string of the molecule is CCN(CCNC(=O)C1CCN(S(=O)(=O)N(C)C)CC1)c1ccc(C)cc1. The van der Waals surface area contributed by atoms with Crippen LogP contribution in [0.25, 0.3) is 0 Å². The number of carbonyl (C=O) groups excluding carboxylic acids is 1. The Hall–Kier alpha value is -1.64. The molecule has 0 spiro atoms. The molecule has 0 saturated carbocycles. The van der Waals surface area contributed by atoms with Crippen molar-refractivity contribution in [3.63, 3.8) is 0 Å². The number of likely N-dealkylation sites (N-methyl/N-ethyl adjacent to an activating group) is 1. The molecule has 1 aromatic rings. The maximum atomic E-state index is 12.4. The number of hydrogen-bond donors (Lipinski definition) is 1. The van der Waals surface area contributed by atoms with Crippen LogP contribution in [0.1, 0.15) is 25.3 Å². The van der Waals surface area contributed by atoms with E-state index in [4.69, 9.17) is 0 Å². The topological polar surface area (TPSA) is 73.0 Å². The molecular weight excluding hydrogens is 364 g/mol. The molecule has 1 heterocycles. The van der Waals surface area contributed by atoms with Crippen LogP contribution in [-0.2, 0) is 15.0 Å². The van der Waals surface area contributed by atoms with E-state index in [1.807, 2.05) is 0 Å². The van der Waals surface area contributed by atoms with E-state index in [0.29, 0.717) is 32.5 Å². The molecule has 0 aromatic heterocycles. The Labute approximate surface area is 163 Å². The number of piperidine rings is 1. The number of nitrogens with one attached hydrogen (secondary N) is 1. The molecule has 1 aromatic carbocycles. The molecule has 8 heteroatoms. The predicted octanol–water partition coefficient (Wildman–Crippen LogP) is 1.46. The summed E-state index contributed by atoms with van der Waals surface area (Å²) in [4.78, 5) is 14.7. The third-order valence-electron chi connectivity index (χ3n) is 5.07. The number of amides is 1. The Morgan fingerprint density at radius 1 is 1.19 bits per heavy atom. The van der Waals surface area contributed by atoms with E-state index in [1.165, 1.54) is 28.3 Å².